The van der Waals surface area contributed by atoms with Gasteiger partial charge in [0.2, 0.25) is 5.91 Å². The van der Waals surface area contributed by atoms with E-state index in [2.05, 4.69) is 9.88 Å². The zero-order chi connectivity index (χ0) is 26.4. The van der Waals surface area contributed by atoms with Crippen molar-refractivity contribution in [3.8, 4) is 5.75 Å². The summed E-state index contributed by atoms with van der Waals surface area (Å²) >= 11 is 6.50. The van der Waals surface area contributed by atoms with Gasteiger partial charge in [0, 0.05) is 11.6 Å². The van der Waals surface area contributed by atoms with Crippen LogP contribution in [0.4, 0.5) is 8.78 Å². The second kappa shape index (κ2) is 12.2. The SMILES string of the molecule is COc1ccc2ncc(Cl)c(CCCC3(C(=O)NO)CCN(CCCc4cccc(F)c4F)CC3)c2c1. The van der Waals surface area contributed by atoms with E-state index in [0.717, 1.165) is 34.8 Å². The van der Waals surface area contributed by atoms with Crippen molar-refractivity contribution < 1.29 is 23.5 Å². The number of likely N-dealkylation sites (tertiary alicyclic amines) is 1. The average Bonchev–Trinajstić information content (AvgIpc) is 2.92. The summed E-state index contributed by atoms with van der Waals surface area (Å²) in [5.74, 6) is -1.24. The van der Waals surface area contributed by atoms with Gasteiger partial charge in [-0.05, 0) is 100.0 Å². The van der Waals surface area contributed by atoms with Crippen LogP contribution in [0.25, 0.3) is 10.9 Å². The third kappa shape index (κ3) is 6.20. The standard InChI is InChI=1S/C28H32ClF2N3O3/c1-37-20-9-10-25-22(17-20)21(23(29)18-32-25)7-3-11-28(27(35)33-36)12-15-34(16-13-28)14-4-6-19-5-2-8-24(30)26(19)31/h2,5,8-10,17-18,36H,3-4,6-7,11-16H2,1H3,(H,33,35). The van der Waals surface area contributed by atoms with Crippen LogP contribution in [-0.2, 0) is 17.6 Å². The third-order valence-corrected chi connectivity index (χ3v) is 7.89. The molecule has 6 nitrogen and oxygen atoms in total. The molecule has 2 N–H and O–H groups in total. The van der Waals surface area contributed by atoms with Crippen molar-refractivity contribution >= 4 is 28.4 Å². The number of fused-ring (bicyclic) bond motifs is 1. The number of piperidine rings is 1. The van der Waals surface area contributed by atoms with Crippen molar-refractivity contribution in [3.63, 3.8) is 0 Å². The Kier molecular flexibility index (Phi) is 8.95. The van der Waals surface area contributed by atoms with Gasteiger partial charge in [-0.15, -0.1) is 0 Å². The second-order valence-electron chi connectivity index (χ2n) is 9.70. The van der Waals surface area contributed by atoms with Crippen LogP contribution in [0.1, 0.15) is 43.2 Å². The van der Waals surface area contributed by atoms with E-state index in [0.29, 0.717) is 68.6 Å². The van der Waals surface area contributed by atoms with Crippen LogP contribution in [0.3, 0.4) is 0 Å². The minimum Gasteiger partial charge on any atom is -0.497 e. The number of nitrogens with zero attached hydrogens (tertiary/aromatic N) is 2. The van der Waals surface area contributed by atoms with Crippen molar-refractivity contribution in [2.45, 2.75) is 44.9 Å². The van der Waals surface area contributed by atoms with E-state index < -0.39 is 17.0 Å². The summed E-state index contributed by atoms with van der Waals surface area (Å²) in [7, 11) is 1.61. The molecule has 1 aliphatic rings. The number of hydroxylamine groups is 1. The van der Waals surface area contributed by atoms with Gasteiger partial charge in [-0.3, -0.25) is 15.0 Å². The highest BCUT2D eigenvalue weighted by Crippen LogP contribution is 2.38. The molecule has 2 heterocycles. The summed E-state index contributed by atoms with van der Waals surface area (Å²) in [5, 5.41) is 11.0. The highest BCUT2D eigenvalue weighted by Gasteiger charge is 2.40. The number of aromatic nitrogens is 1. The molecule has 0 unspecified atom stereocenters. The number of carbonyl (C=O) groups excluding carboxylic acids is 1. The van der Waals surface area contributed by atoms with Gasteiger partial charge in [-0.1, -0.05) is 23.7 Å². The normalized spacial score (nSPS) is 15.6. The number of hydrogen-bond donors (Lipinski definition) is 2. The highest BCUT2D eigenvalue weighted by molar-refractivity contribution is 6.32. The van der Waals surface area contributed by atoms with Crippen LogP contribution in [0.2, 0.25) is 5.02 Å². The lowest BCUT2D eigenvalue weighted by Crippen LogP contribution is -2.48. The molecule has 37 heavy (non-hydrogen) atoms. The fourth-order valence-corrected chi connectivity index (χ4v) is 5.58. The molecule has 0 saturated carbocycles. The van der Waals surface area contributed by atoms with E-state index in [1.807, 2.05) is 23.7 Å². The summed E-state index contributed by atoms with van der Waals surface area (Å²) in [4.78, 5) is 19.4. The fourth-order valence-electron chi connectivity index (χ4n) is 5.34. The van der Waals surface area contributed by atoms with Gasteiger partial charge in [0.1, 0.15) is 5.75 Å². The van der Waals surface area contributed by atoms with Gasteiger partial charge in [-0.25, -0.2) is 14.3 Å². The van der Waals surface area contributed by atoms with E-state index in [1.54, 1.807) is 19.4 Å². The number of nitrogens with one attached hydrogen (secondary N) is 1. The molecular formula is C28H32ClF2N3O3. The first-order valence-electron chi connectivity index (χ1n) is 12.6. The fraction of sp³-hybridized carbons (Fsp3) is 0.429. The van der Waals surface area contributed by atoms with E-state index in [9.17, 15) is 18.8 Å². The molecule has 0 radical (unpaired) electrons. The predicted molar refractivity (Wildman–Crippen MR) is 139 cm³/mol. The molecule has 4 rings (SSSR count). The minimum absolute atomic E-state index is 0.360. The molecule has 1 aromatic heterocycles. The topological polar surface area (TPSA) is 74.7 Å². The third-order valence-electron chi connectivity index (χ3n) is 7.56. The van der Waals surface area contributed by atoms with E-state index in [4.69, 9.17) is 16.3 Å². The van der Waals surface area contributed by atoms with Crippen molar-refractivity contribution in [2.75, 3.05) is 26.7 Å². The Morgan fingerprint density at radius 3 is 2.70 bits per heavy atom. The van der Waals surface area contributed by atoms with Gasteiger partial charge in [0.05, 0.1) is 23.1 Å². The summed E-state index contributed by atoms with van der Waals surface area (Å²) in [5.41, 5.74) is 3.38. The molecule has 0 atom stereocenters. The number of benzene rings is 2. The average molecular weight is 532 g/mol. The smallest absolute Gasteiger partial charge is 0.249 e. The zero-order valence-corrected chi connectivity index (χ0v) is 21.7. The second-order valence-corrected chi connectivity index (χ2v) is 10.1. The van der Waals surface area contributed by atoms with Gasteiger partial charge >= 0.3 is 0 Å². The molecule has 0 spiro atoms. The zero-order valence-electron chi connectivity index (χ0n) is 20.9. The molecule has 9 heteroatoms. The summed E-state index contributed by atoms with van der Waals surface area (Å²) < 4.78 is 32.7. The summed E-state index contributed by atoms with van der Waals surface area (Å²) in [6.45, 7) is 2.11. The highest BCUT2D eigenvalue weighted by atomic mass is 35.5. The van der Waals surface area contributed by atoms with Gasteiger partial charge in [-0.2, -0.15) is 0 Å². The van der Waals surface area contributed by atoms with Crippen LogP contribution in [0, 0.1) is 17.0 Å². The number of methoxy groups -OCH3 is 1. The van der Waals surface area contributed by atoms with E-state index in [1.165, 1.54) is 6.07 Å². The Bertz CT molecular complexity index is 1250. The molecule has 0 bridgehead atoms. The molecular weight excluding hydrogens is 500 g/mol. The molecule has 1 amide bonds. The maximum Gasteiger partial charge on any atom is 0.249 e. The van der Waals surface area contributed by atoms with Crippen LogP contribution in [0.5, 0.6) is 5.75 Å². The Morgan fingerprint density at radius 2 is 1.97 bits per heavy atom. The number of carbonyl (C=O) groups is 1. The largest absolute Gasteiger partial charge is 0.497 e. The molecule has 198 valence electrons. The van der Waals surface area contributed by atoms with Crippen molar-refractivity contribution in [3.05, 3.63) is 70.4 Å². The van der Waals surface area contributed by atoms with Crippen LogP contribution in [0.15, 0.2) is 42.6 Å². The Morgan fingerprint density at radius 1 is 1.19 bits per heavy atom. The Balaban J connectivity index is 1.36. The first-order chi connectivity index (χ1) is 17.9. The first-order valence-corrected chi connectivity index (χ1v) is 13.0. The van der Waals surface area contributed by atoms with Crippen molar-refractivity contribution in [2.24, 2.45) is 5.41 Å². The van der Waals surface area contributed by atoms with Gasteiger partial charge in [0.25, 0.3) is 0 Å². The molecule has 1 fully saturated rings. The van der Waals surface area contributed by atoms with Crippen LogP contribution < -0.4 is 10.2 Å². The minimum atomic E-state index is -0.824. The summed E-state index contributed by atoms with van der Waals surface area (Å²) in [6, 6.07) is 9.93. The molecule has 1 saturated heterocycles. The van der Waals surface area contributed by atoms with E-state index >= 15 is 0 Å². The van der Waals surface area contributed by atoms with Crippen molar-refractivity contribution in [1.82, 2.24) is 15.4 Å². The lowest BCUT2D eigenvalue weighted by atomic mass is 9.73. The maximum atomic E-state index is 13.9. The van der Waals surface area contributed by atoms with Crippen LogP contribution >= 0.6 is 11.6 Å². The van der Waals surface area contributed by atoms with Crippen LogP contribution in [-0.4, -0.2) is 47.7 Å². The summed E-state index contributed by atoms with van der Waals surface area (Å²) in [6.07, 6.45) is 5.97. The number of ether oxygens (including phenoxy) is 1. The number of hydrogen-bond acceptors (Lipinski definition) is 5. The monoisotopic (exact) mass is 531 g/mol. The van der Waals surface area contributed by atoms with Crippen molar-refractivity contribution in [1.29, 1.82) is 0 Å². The lowest BCUT2D eigenvalue weighted by molar-refractivity contribution is -0.143. The number of rotatable bonds is 10. The Labute approximate surface area is 220 Å². The molecule has 0 aliphatic carbocycles. The van der Waals surface area contributed by atoms with Gasteiger partial charge in [0.15, 0.2) is 11.6 Å². The number of aryl methyl sites for hydroxylation is 2. The Hall–Kier alpha value is -2.81. The quantitative estimate of drug-likeness (QED) is 0.258. The predicted octanol–water partition coefficient (Wildman–Crippen LogP) is 5.72. The number of halogens is 3. The molecule has 3 aromatic rings. The molecule has 2 aromatic carbocycles. The van der Waals surface area contributed by atoms with E-state index in [-0.39, 0.29) is 5.91 Å². The molecule has 1 aliphatic heterocycles. The lowest BCUT2D eigenvalue weighted by Gasteiger charge is -2.40. The van der Waals surface area contributed by atoms with Gasteiger partial charge < -0.3 is 9.64 Å². The first kappa shape index (κ1) is 27.2. The number of amides is 1. The maximum absolute atomic E-state index is 13.9. The number of pyridine rings is 1.